The van der Waals surface area contributed by atoms with Gasteiger partial charge >= 0.3 is 6.09 Å². The van der Waals surface area contributed by atoms with Crippen LogP contribution in [0.25, 0.3) is 0 Å². The molecule has 5 nitrogen and oxygen atoms in total. The van der Waals surface area contributed by atoms with Crippen molar-refractivity contribution >= 4 is 12.0 Å². The first kappa shape index (κ1) is 22.4. The molecule has 5 heteroatoms. The van der Waals surface area contributed by atoms with Gasteiger partial charge in [0.25, 0.3) is 0 Å². The first-order valence-electron chi connectivity index (χ1n) is 12.0. The third-order valence-corrected chi connectivity index (χ3v) is 7.53. The highest BCUT2D eigenvalue weighted by Gasteiger charge is 2.50. The maximum Gasteiger partial charge on any atom is 0.409 e. The third-order valence-electron chi connectivity index (χ3n) is 7.53. The van der Waals surface area contributed by atoms with Crippen LogP contribution in [0.2, 0.25) is 0 Å². The van der Waals surface area contributed by atoms with Crippen LogP contribution < -0.4 is 0 Å². The van der Waals surface area contributed by atoms with Crippen LogP contribution in [0.5, 0.6) is 0 Å². The molecule has 4 saturated carbocycles. The molecule has 4 rings (SSSR count). The van der Waals surface area contributed by atoms with Crippen LogP contribution in [-0.2, 0) is 9.53 Å². The number of hydrogen-bond donors (Lipinski definition) is 0. The molecule has 4 bridgehead atoms. The van der Waals surface area contributed by atoms with E-state index in [1.54, 1.807) is 11.9 Å². The standard InChI is InChI=1S/C24H42N2O3/c1-5-6-7-22(27)26(11-10-25(4)23(28)29-18(2)3)9-8-24-15-19-12-20(16-24)14-21(13-19)17-24/h18-21H,5-17H2,1-4H3. The van der Waals surface area contributed by atoms with Gasteiger partial charge in [0.2, 0.25) is 5.91 Å². The van der Waals surface area contributed by atoms with Crippen LogP contribution >= 0.6 is 0 Å². The van der Waals surface area contributed by atoms with Gasteiger partial charge in [0.15, 0.2) is 0 Å². The number of hydrogen-bond acceptors (Lipinski definition) is 3. The Hall–Kier alpha value is -1.26. The Morgan fingerprint density at radius 3 is 2.10 bits per heavy atom. The van der Waals surface area contributed by atoms with E-state index in [4.69, 9.17) is 4.74 Å². The van der Waals surface area contributed by atoms with Crippen molar-refractivity contribution in [2.45, 2.75) is 91.1 Å². The molecule has 0 heterocycles. The van der Waals surface area contributed by atoms with Gasteiger partial charge in [-0.05, 0) is 88.4 Å². The van der Waals surface area contributed by atoms with E-state index in [1.807, 2.05) is 18.7 Å². The Bertz CT molecular complexity index is 539. The molecule has 166 valence electrons. The Kier molecular flexibility index (Phi) is 7.50. The summed E-state index contributed by atoms with van der Waals surface area (Å²) in [5.74, 6) is 3.09. The summed E-state index contributed by atoms with van der Waals surface area (Å²) in [5, 5.41) is 0. The number of carbonyl (C=O) groups is 2. The van der Waals surface area contributed by atoms with E-state index in [9.17, 15) is 9.59 Å². The summed E-state index contributed by atoms with van der Waals surface area (Å²) >= 11 is 0. The first-order valence-corrected chi connectivity index (χ1v) is 12.0. The Morgan fingerprint density at radius 2 is 1.59 bits per heavy atom. The highest BCUT2D eigenvalue weighted by Crippen LogP contribution is 2.61. The lowest BCUT2D eigenvalue weighted by Gasteiger charge is -2.57. The maximum absolute atomic E-state index is 12.9. The van der Waals surface area contributed by atoms with Crippen LogP contribution in [0.3, 0.4) is 0 Å². The summed E-state index contributed by atoms with van der Waals surface area (Å²) < 4.78 is 5.28. The van der Waals surface area contributed by atoms with Crippen LogP contribution in [0.15, 0.2) is 0 Å². The van der Waals surface area contributed by atoms with Crippen molar-refractivity contribution in [3.8, 4) is 0 Å². The fraction of sp³-hybridized carbons (Fsp3) is 0.917. The molecule has 2 amide bonds. The number of amides is 2. The first-order chi connectivity index (χ1) is 13.8. The molecule has 4 aliphatic rings. The molecule has 0 unspecified atom stereocenters. The van der Waals surface area contributed by atoms with E-state index >= 15 is 0 Å². The van der Waals surface area contributed by atoms with E-state index in [1.165, 1.54) is 38.5 Å². The SMILES string of the molecule is CCCCC(=O)N(CCN(C)C(=O)OC(C)C)CCC12CC3CC(CC(C3)C1)C2. The molecule has 0 N–H and O–H groups in total. The quantitative estimate of drug-likeness (QED) is 0.508. The van der Waals surface area contributed by atoms with Gasteiger partial charge in [-0.3, -0.25) is 4.79 Å². The number of nitrogens with zero attached hydrogens (tertiary/aromatic N) is 2. The summed E-state index contributed by atoms with van der Waals surface area (Å²) in [6, 6.07) is 0. The minimum atomic E-state index is -0.304. The van der Waals surface area contributed by atoms with Gasteiger partial charge < -0.3 is 14.5 Å². The van der Waals surface area contributed by atoms with Crippen molar-refractivity contribution in [2.24, 2.45) is 23.2 Å². The lowest BCUT2D eigenvalue weighted by Crippen LogP contribution is -2.48. The molecule has 4 aliphatic carbocycles. The largest absolute Gasteiger partial charge is 0.447 e. The molecule has 4 fully saturated rings. The molecule has 29 heavy (non-hydrogen) atoms. The molecule has 0 aromatic rings. The zero-order chi connectivity index (χ0) is 21.0. The Morgan fingerprint density at radius 1 is 1.00 bits per heavy atom. The fourth-order valence-electron chi connectivity index (χ4n) is 6.47. The number of carbonyl (C=O) groups excluding carboxylic acids is 2. The van der Waals surface area contributed by atoms with Crippen molar-refractivity contribution in [3.05, 3.63) is 0 Å². The van der Waals surface area contributed by atoms with Crippen molar-refractivity contribution in [3.63, 3.8) is 0 Å². The van der Waals surface area contributed by atoms with E-state index < -0.39 is 0 Å². The normalized spacial score (nSPS) is 29.9. The second kappa shape index (κ2) is 9.70. The van der Waals surface area contributed by atoms with Crippen LogP contribution in [0.4, 0.5) is 4.79 Å². The molecule has 0 spiro atoms. The molecule has 0 saturated heterocycles. The predicted molar refractivity (Wildman–Crippen MR) is 116 cm³/mol. The summed E-state index contributed by atoms with van der Waals surface area (Å²) in [7, 11) is 1.76. The zero-order valence-corrected chi connectivity index (χ0v) is 19.1. The zero-order valence-electron chi connectivity index (χ0n) is 19.1. The second-order valence-corrected chi connectivity index (χ2v) is 10.5. The van der Waals surface area contributed by atoms with Crippen LogP contribution in [0, 0.1) is 23.2 Å². The van der Waals surface area contributed by atoms with Gasteiger partial charge in [-0.15, -0.1) is 0 Å². The van der Waals surface area contributed by atoms with Gasteiger partial charge in [-0.1, -0.05) is 13.3 Å². The van der Waals surface area contributed by atoms with Crippen molar-refractivity contribution in [1.82, 2.24) is 9.80 Å². The smallest absolute Gasteiger partial charge is 0.409 e. The molecular weight excluding hydrogens is 364 g/mol. The van der Waals surface area contributed by atoms with E-state index in [0.29, 0.717) is 24.9 Å². The molecule has 0 aromatic carbocycles. The highest BCUT2D eigenvalue weighted by atomic mass is 16.6. The fourth-order valence-corrected chi connectivity index (χ4v) is 6.47. The topological polar surface area (TPSA) is 49.9 Å². The summed E-state index contributed by atoms with van der Waals surface area (Å²) in [5.41, 5.74) is 0.487. The molecule has 0 radical (unpaired) electrons. The number of rotatable bonds is 10. The maximum atomic E-state index is 12.9. The minimum absolute atomic E-state index is 0.122. The van der Waals surface area contributed by atoms with E-state index in [-0.39, 0.29) is 18.1 Å². The number of unbranched alkanes of at least 4 members (excludes halogenated alkanes) is 1. The van der Waals surface area contributed by atoms with Gasteiger partial charge in [-0.25, -0.2) is 4.79 Å². The van der Waals surface area contributed by atoms with E-state index in [2.05, 4.69) is 6.92 Å². The average Bonchev–Trinajstić information content (AvgIpc) is 2.64. The summed E-state index contributed by atoms with van der Waals surface area (Å²) in [6.45, 7) is 7.84. The summed E-state index contributed by atoms with van der Waals surface area (Å²) in [6.07, 6.45) is 11.9. The third kappa shape index (κ3) is 5.88. The lowest BCUT2D eigenvalue weighted by atomic mass is 9.49. The molecule has 0 aromatic heterocycles. The van der Waals surface area contributed by atoms with Crippen molar-refractivity contribution < 1.29 is 14.3 Å². The molecular formula is C24H42N2O3. The van der Waals surface area contributed by atoms with Gasteiger partial charge in [0, 0.05) is 33.1 Å². The minimum Gasteiger partial charge on any atom is -0.447 e. The predicted octanol–water partition coefficient (Wildman–Crippen LogP) is 5.09. The molecule has 0 aliphatic heterocycles. The monoisotopic (exact) mass is 406 g/mol. The van der Waals surface area contributed by atoms with Crippen molar-refractivity contribution in [1.29, 1.82) is 0 Å². The van der Waals surface area contributed by atoms with Gasteiger partial charge in [-0.2, -0.15) is 0 Å². The van der Waals surface area contributed by atoms with Crippen molar-refractivity contribution in [2.75, 3.05) is 26.7 Å². The number of ether oxygens (including phenoxy) is 1. The van der Waals surface area contributed by atoms with E-state index in [0.717, 1.165) is 43.6 Å². The summed E-state index contributed by atoms with van der Waals surface area (Å²) in [4.78, 5) is 28.6. The van der Waals surface area contributed by atoms with Gasteiger partial charge in [0.05, 0.1) is 6.10 Å². The highest BCUT2D eigenvalue weighted by molar-refractivity contribution is 5.76. The second-order valence-electron chi connectivity index (χ2n) is 10.5. The van der Waals surface area contributed by atoms with Crippen LogP contribution in [0.1, 0.15) is 85.0 Å². The Balaban J connectivity index is 1.55. The van der Waals surface area contributed by atoms with Crippen LogP contribution in [-0.4, -0.2) is 54.6 Å². The number of likely N-dealkylation sites (N-methyl/N-ethyl adjacent to an activating group) is 1. The average molecular weight is 407 g/mol. The van der Waals surface area contributed by atoms with Gasteiger partial charge in [0.1, 0.15) is 0 Å². The Labute approximate surface area is 177 Å². The lowest BCUT2D eigenvalue weighted by molar-refractivity contribution is -0.132. The molecule has 0 atom stereocenters.